The summed E-state index contributed by atoms with van der Waals surface area (Å²) in [6, 6.07) is 9.76. The molecule has 0 radical (unpaired) electrons. The van der Waals surface area contributed by atoms with Gasteiger partial charge in [0.2, 0.25) is 0 Å². The van der Waals surface area contributed by atoms with Crippen LogP contribution in [0, 0.1) is 0 Å². The third-order valence-electron chi connectivity index (χ3n) is 3.67. The number of piperazine rings is 1. The SMILES string of the molecule is CN1CCN(CC(=O)OCc2ccccc2)CC1CO. The highest BCUT2D eigenvalue weighted by molar-refractivity contribution is 5.71. The van der Waals surface area contributed by atoms with Gasteiger partial charge in [-0.1, -0.05) is 30.3 Å². The van der Waals surface area contributed by atoms with E-state index in [1.165, 1.54) is 0 Å². The van der Waals surface area contributed by atoms with Gasteiger partial charge >= 0.3 is 5.97 Å². The van der Waals surface area contributed by atoms with Crippen LogP contribution in [0.2, 0.25) is 0 Å². The third kappa shape index (κ3) is 4.30. The molecule has 0 amide bonds. The molecule has 1 N–H and O–H groups in total. The minimum absolute atomic E-state index is 0.102. The fourth-order valence-electron chi connectivity index (χ4n) is 2.32. The zero-order chi connectivity index (χ0) is 14.4. The molecule has 5 nitrogen and oxygen atoms in total. The van der Waals surface area contributed by atoms with E-state index >= 15 is 0 Å². The molecule has 1 fully saturated rings. The second-order valence-electron chi connectivity index (χ2n) is 5.20. The first-order chi connectivity index (χ1) is 9.69. The predicted molar refractivity (Wildman–Crippen MR) is 76.2 cm³/mol. The van der Waals surface area contributed by atoms with Crippen LogP contribution in [0.25, 0.3) is 0 Å². The summed E-state index contributed by atoms with van der Waals surface area (Å²) in [6.07, 6.45) is 0. The minimum Gasteiger partial charge on any atom is -0.460 e. The number of nitrogens with zero attached hydrogens (tertiary/aromatic N) is 2. The molecule has 1 atom stereocenters. The minimum atomic E-state index is -0.213. The lowest BCUT2D eigenvalue weighted by molar-refractivity contribution is -0.147. The van der Waals surface area contributed by atoms with E-state index < -0.39 is 0 Å². The maximum atomic E-state index is 11.8. The second kappa shape index (κ2) is 7.38. The van der Waals surface area contributed by atoms with Crippen molar-refractivity contribution in [1.29, 1.82) is 0 Å². The van der Waals surface area contributed by atoms with Gasteiger partial charge < -0.3 is 9.84 Å². The largest absolute Gasteiger partial charge is 0.460 e. The summed E-state index contributed by atoms with van der Waals surface area (Å²) in [5, 5.41) is 9.28. The lowest BCUT2D eigenvalue weighted by Gasteiger charge is -2.37. The Balaban J connectivity index is 1.74. The Morgan fingerprint density at radius 1 is 1.35 bits per heavy atom. The second-order valence-corrected chi connectivity index (χ2v) is 5.20. The average Bonchev–Trinajstić information content (AvgIpc) is 2.48. The van der Waals surface area contributed by atoms with E-state index in [1.807, 2.05) is 42.3 Å². The Kier molecular flexibility index (Phi) is 5.52. The molecule has 1 unspecified atom stereocenters. The van der Waals surface area contributed by atoms with Gasteiger partial charge in [-0.05, 0) is 12.6 Å². The normalized spacial score (nSPS) is 20.8. The molecule has 1 saturated heterocycles. The molecule has 0 spiro atoms. The number of hydrogen-bond acceptors (Lipinski definition) is 5. The van der Waals surface area contributed by atoms with Crippen LogP contribution in [0.5, 0.6) is 0 Å². The van der Waals surface area contributed by atoms with Crippen LogP contribution in [0.3, 0.4) is 0 Å². The van der Waals surface area contributed by atoms with Crippen molar-refractivity contribution in [3.63, 3.8) is 0 Å². The van der Waals surface area contributed by atoms with Crippen LogP contribution in [0.4, 0.5) is 0 Å². The summed E-state index contributed by atoms with van der Waals surface area (Å²) >= 11 is 0. The summed E-state index contributed by atoms with van der Waals surface area (Å²) in [5.74, 6) is -0.213. The Bertz CT molecular complexity index is 424. The van der Waals surface area contributed by atoms with Crippen LogP contribution in [-0.4, -0.2) is 66.8 Å². The molecular weight excluding hydrogens is 256 g/mol. The number of aliphatic hydroxyl groups excluding tert-OH is 1. The lowest BCUT2D eigenvalue weighted by atomic mass is 10.2. The quantitative estimate of drug-likeness (QED) is 0.787. The summed E-state index contributed by atoms with van der Waals surface area (Å²) in [7, 11) is 1.99. The molecule has 0 saturated carbocycles. The van der Waals surface area contributed by atoms with E-state index in [9.17, 15) is 9.90 Å². The predicted octanol–water partition coefficient (Wildman–Crippen LogP) is 0.338. The molecule has 0 aromatic heterocycles. The van der Waals surface area contributed by atoms with Crippen LogP contribution < -0.4 is 0 Å². The number of hydrogen-bond donors (Lipinski definition) is 1. The first kappa shape index (κ1) is 15.0. The van der Waals surface area contributed by atoms with Crippen molar-refractivity contribution in [2.24, 2.45) is 0 Å². The number of aliphatic hydroxyl groups is 1. The third-order valence-corrected chi connectivity index (χ3v) is 3.67. The number of rotatable bonds is 5. The molecule has 1 aliphatic rings. The summed E-state index contributed by atoms with van der Waals surface area (Å²) < 4.78 is 5.27. The summed E-state index contributed by atoms with van der Waals surface area (Å²) in [6.45, 7) is 3.11. The first-order valence-electron chi connectivity index (χ1n) is 6.92. The van der Waals surface area contributed by atoms with Gasteiger partial charge in [-0.15, -0.1) is 0 Å². The van der Waals surface area contributed by atoms with Crippen molar-refractivity contribution in [1.82, 2.24) is 9.80 Å². The molecule has 0 bridgehead atoms. The van der Waals surface area contributed by atoms with Crippen molar-refractivity contribution in [3.05, 3.63) is 35.9 Å². The molecule has 20 heavy (non-hydrogen) atoms. The Labute approximate surface area is 119 Å². The molecule has 1 aromatic rings. The topological polar surface area (TPSA) is 53.0 Å². The lowest BCUT2D eigenvalue weighted by Crippen LogP contribution is -2.54. The molecule has 1 heterocycles. The van der Waals surface area contributed by atoms with Crippen LogP contribution in [-0.2, 0) is 16.1 Å². The molecule has 1 aromatic carbocycles. The van der Waals surface area contributed by atoms with Crippen molar-refractivity contribution in [2.45, 2.75) is 12.6 Å². The molecule has 2 rings (SSSR count). The van der Waals surface area contributed by atoms with E-state index in [0.29, 0.717) is 13.2 Å². The van der Waals surface area contributed by atoms with E-state index in [4.69, 9.17) is 4.74 Å². The Morgan fingerprint density at radius 2 is 2.10 bits per heavy atom. The molecule has 1 aliphatic heterocycles. The molecular formula is C15H22N2O3. The number of benzene rings is 1. The van der Waals surface area contributed by atoms with Gasteiger partial charge in [0, 0.05) is 25.7 Å². The fourth-order valence-corrected chi connectivity index (χ4v) is 2.32. The van der Waals surface area contributed by atoms with Crippen molar-refractivity contribution in [3.8, 4) is 0 Å². The fraction of sp³-hybridized carbons (Fsp3) is 0.533. The van der Waals surface area contributed by atoms with Gasteiger partial charge in [0.1, 0.15) is 6.61 Å². The molecule has 5 heteroatoms. The molecule has 110 valence electrons. The van der Waals surface area contributed by atoms with Gasteiger partial charge in [-0.2, -0.15) is 0 Å². The summed E-state index contributed by atoms with van der Waals surface area (Å²) in [5.41, 5.74) is 0.993. The van der Waals surface area contributed by atoms with Crippen LogP contribution >= 0.6 is 0 Å². The van der Waals surface area contributed by atoms with Crippen molar-refractivity contribution < 1.29 is 14.6 Å². The number of likely N-dealkylation sites (N-methyl/N-ethyl adjacent to an activating group) is 1. The zero-order valence-electron chi connectivity index (χ0n) is 11.9. The van der Waals surface area contributed by atoms with E-state index in [1.54, 1.807) is 0 Å². The smallest absolute Gasteiger partial charge is 0.320 e. The first-order valence-corrected chi connectivity index (χ1v) is 6.92. The van der Waals surface area contributed by atoms with E-state index in [2.05, 4.69) is 4.90 Å². The summed E-state index contributed by atoms with van der Waals surface area (Å²) in [4.78, 5) is 16.0. The standard InChI is InChI=1S/C15H22N2O3/c1-16-7-8-17(9-14(16)11-18)10-15(19)20-12-13-5-3-2-4-6-13/h2-6,14,18H,7-12H2,1H3. The maximum absolute atomic E-state index is 11.8. The van der Waals surface area contributed by atoms with Gasteiger partial charge in [-0.3, -0.25) is 14.6 Å². The molecule has 0 aliphatic carbocycles. The highest BCUT2D eigenvalue weighted by Crippen LogP contribution is 2.07. The van der Waals surface area contributed by atoms with Gasteiger partial charge in [0.05, 0.1) is 13.2 Å². The highest BCUT2D eigenvalue weighted by Gasteiger charge is 2.25. The highest BCUT2D eigenvalue weighted by atomic mass is 16.5. The van der Waals surface area contributed by atoms with E-state index in [-0.39, 0.29) is 25.2 Å². The Hall–Kier alpha value is -1.43. The van der Waals surface area contributed by atoms with Crippen LogP contribution in [0.15, 0.2) is 30.3 Å². The number of ether oxygens (including phenoxy) is 1. The Morgan fingerprint density at radius 3 is 2.80 bits per heavy atom. The average molecular weight is 278 g/mol. The van der Waals surface area contributed by atoms with E-state index in [0.717, 1.165) is 18.7 Å². The van der Waals surface area contributed by atoms with Gasteiger partial charge in [-0.25, -0.2) is 0 Å². The monoisotopic (exact) mass is 278 g/mol. The number of esters is 1. The van der Waals surface area contributed by atoms with Gasteiger partial charge in [0.15, 0.2) is 0 Å². The number of carbonyl (C=O) groups is 1. The van der Waals surface area contributed by atoms with Crippen molar-refractivity contribution >= 4 is 5.97 Å². The van der Waals surface area contributed by atoms with Gasteiger partial charge in [0.25, 0.3) is 0 Å². The maximum Gasteiger partial charge on any atom is 0.320 e. The van der Waals surface area contributed by atoms with Crippen molar-refractivity contribution in [2.75, 3.05) is 39.8 Å². The zero-order valence-corrected chi connectivity index (χ0v) is 11.9. The number of carbonyl (C=O) groups excluding carboxylic acids is 1. The van der Waals surface area contributed by atoms with Crippen LogP contribution in [0.1, 0.15) is 5.56 Å².